The number of aromatic nitrogens is 2. The van der Waals surface area contributed by atoms with E-state index in [4.69, 9.17) is 0 Å². The van der Waals surface area contributed by atoms with Crippen molar-refractivity contribution in [3.63, 3.8) is 0 Å². The van der Waals surface area contributed by atoms with Crippen molar-refractivity contribution in [2.24, 2.45) is 0 Å². The zero-order chi connectivity index (χ0) is 14.7. The van der Waals surface area contributed by atoms with E-state index in [0.717, 1.165) is 16.8 Å². The van der Waals surface area contributed by atoms with Gasteiger partial charge in [0.15, 0.2) is 0 Å². The van der Waals surface area contributed by atoms with Gasteiger partial charge in [0.1, 0.15) is 12.6 Å². The van der Waals surface area contributed by atoms with Crippen LogP contribution in [0.1, 0.15) is 5.69 Å². The van der Waals surface area contributed by atoms with Crippen LogP contribution in [-0.2, 0) is 13.3 Å². The minimum absolute atomic E-state index is 0.170. The summed E-state index contributed by atoms with van der Waals surface area (Å²) in [6.07, 6.45) is 0. The van der Waals surface area contributed by atoms with Gasteiger partial charge in [0, 0.05) is 11.1 Å². The Morgan fingerprint density at radius 2 is 1.38 bits per heavy atom. The first-order valence-corrected chi connectivity index (χ1v) is 6.77. The molecule has 21 heavy (non-hydrogen) atoms. The Bertz CT molecular complexity index is 721. The van der Waals surface area contributed by atoms with Gasteiger partial charge in [-0.1, -0.05) is 60.7 Å². The van der Waals surface area contributed by atoms with Gasteiger partial charge >= 0.3 is 0 Å². The number of imidazole rings is 1. The fourth-order valence-electron chi connectivity index (χ4n) is 2.48. The molecule has 0 unspecified atom stereocenters. The maximum Gasteiger partial charge on any atom is 0.142 e. The fraction of sp³-hybridized carbons (Fsp3) is 0.118. The van der Waals surface area contributed by atoms with Crippen LogP contribution in [0.2, 0.25) is 0 Å². The van der Waals surface area contributed by atoms with Gasteiger partial charge in [-0.3, -0.25) is 4.57 Å². The summed E-state index contributed by atoms with van der Waals surface area (Å²) in [7, 11) is 0. The van der Waals surface area contributed by atoms with Crippen LogP contribution in [-0.4, -0.2) is 19.8 Å². The zero-order valence-corrected chi connectivity index (χ0v) is 11.5. The van der Waals surface area contributed by atoms with Crippen LogP contribution in [0.5, 0.6) is 0 Å². The molecule has 4 nitrogen and oxygen atoms in total. The lowest BCUT2D eigenvalue weighted by Crippen LogP contribution is -2.02. The van der Waals surface area contributed by atoms with Crippen LogP contribution in [0.3, 0.4) is 0 Å². The molecule has 0 atom stereocenters. The van der Waals surface area contributed by atoms with E-state index in [1.807, 2.05) is 60.7 Å². The van der Waals surface area contributed by atoms with Crippen molar-refractivity contribution in [2.75, 3.05) is 0 Å². The number of hydrogen-bond acceptors (Lipinski definition) is 3. The molecule has 0 aliphatic carbocycles. The second-order valence-corrected chi connectivity index (χ2v) is 4.69. The second kappa shape index (κ2) is 5.91. The van der Waals surface area contributed by atoms with E-state index < -0.39 is 0 Å². The van der Waals surface area contributed by atoms with Crippen molar-refractivity contribution in [3.8, 4) is 22.6 Å². The summed E-state index contributed by atoms with van der Waals surface area (Å²) in [6, 6.07) is 19.3. The maximum atomic E-state index is 9.77. The average molecular weight is 280 g/mol. The van der Waals surface area contributed by atoms with Crippen LogP contribution in [0.15, 0.2) is 60.7 Å². The Labute approximate surface area is 123 Å². The van der Waals surface area contributed by atoms with Crippen LogP contribution < -0.4 is 0 Å². The number of benzene rings is 2. The molecule has 1 heterocycles. The summed E-state index contributed by atoms with van der Waals surface area (Å²) < 4.78 is 1.72. The molecule has 0 amide bonds. The highest BCUT2D eigenvalue weighted by molar-refractivity contribution is 5.68. The van der Waals surface area contributed by atoms with Crippen molar-refractivity contribution in [1.82, 2.24) is 9.55 Å². The Morgan fingerprint density at radius 1 is 0.810 bits per heavy atom. The molecular weight excluding hydrogens is 264 g/mol. The largest absolute Gasteiger partial charge is 0.390 e. The highest BCUT2D eigenvalue weighted by Gasteiger charge is 2.18. The smallest absolute Gasteiger partial charge is 0.142 e. The molecule has 1 aromatic heterocycles. The van der Waals surface area contributed by atoms with E-state index in [0.29, 0.717) is 11.5 Å². The SMILES string of the molecule is OCc1nc(-c2ccccc2)n(CO)c1-c1ccccc1. The van der Waals surface area contributed by atoms with Crippen molar-refractivity contribution < 1.29 is 10.2 Å². The summed E-state index contributed by atoms with van der Waals surface area (Å²) in [5.41, 5.74) is 3.14. The normalized spacial score (nSPS) is 10.8. The molecule has 0 spiro atoms. The van der Waals surface area contributed by atoms with Crippen molar-refractivity contribution in [1.29, 1.82) is 0 Å². The highest BCUT2D eigenvalue weighted by Crippen LogP contribution is 2.29. The lowest BCUT2D eigenvalue weighted by atomic mass is 10.1. The van der Waals surface area contributed by atoms with Gasteiger partial charge < -0.3 is 10.2 Å². The van der Waals surface area contributed by atoms with Gasteiger partial charge in [-0.15, -0.1) is 0 Å². The van der Waals surface area contributed by atoms with Gasteiger partial charge in [-0.25, -0.2) is 4.98 Å². The third-order valence-electron chi connectivity index (χ3n) is 3.41. The summed E-state index contributed by atoms with van der Waals surface area (Å²) in [5.74, 6) is 0.654. The average Bonchev–Trinajstić information content (AvgIpc) is 2.95. The van der Waals surface area contributed by atoms with Gasteiger partial charge in [-0.2, -0.15) is 0 Å². The number of aliphatic hydroxyl groups is 2. The monoisotopic (exact) mass is 280 g/mol. The van der Waals surface area contributed by atoms with Crippen LogP contribution in [0, 0.1) is 0 Å². The molecule has 106 valence electrons. The van der Waals surface area contributed by atoms with E-state index in [2.05, 4.69) is 4.98 Å². The summed E-state index contributed by atoms with van der Waals surface area (Å²) >= 11 is 0. The molecule has 0 radical (unpaired) electrons. The predicted molar refractivity (Wildman–Crippen MR) is 81.2 cm³/mol. The molecule has 0 saturated carbocycles. The molecule has 0 aliphatic rings. The van der Waals surface area contributed by atoms with Crippen molar-refractivity contribution in [3.05, 3.63) is 66.4 Å². The minimum atomic E-state index is -0.193. The highest BCUT2D eigenvalue weighted by atomic mass is 16.3. The first-order chi connectivity index (χ1) is 10.3. The fourth-order valence-corrected chi connectivity index (χ4v) is 2.48. The third-order valence-corrected chi connectivity index (χ3v) is 3.41. The standard InChI is InChI=1S/C17H16N2O2/c20-11-15-16(13-7-3-1-4-8-13)19(12-21)17(18-15)14-9-5-2-6-10-14/h1-10,20-21H,11-12H2. The first kappa shape index (κ1) is 13.5. The predicted octanol–water partition coefficient (Wildman–Crippen LogP) is 2.66. The molecule has 2 aromatic carbocycles. The molecular formula is C17H16N2O2. The van der Waals surface area contributed by atoms with Crippen molar-refractivity contribution in [2.45, 2.75) is 13.3 Å². The van der Waals surface area contributed by atoms with Gasteiger partial charge in [0.2, 0.25) is 0 Å². The lowest BCUT2D eigenvalue weighted by molar-refractivity contribution is 0.213. The summed E-state index contributed by atoms with van der Waals surface area (Å²) in [4.78, 5) is 4.50. The third kappa shape index (κ3) is 2.46. The van der Waals surface area contributed by atoms with Gasteiger partial charge in [0.25, 0.3) is 0 Å². The quantitative estimate of drug-likeness (QED) is 0.772. The Hall–Kier alpha value is -2.43. The van der Waals surface area contributed by atoms with E-state index in [9.17, 15) is 10.2 Å². The topological polar surface area (TPSA) is 58.3 Å². The first-order valence-electron chi connectivity index (χ1n) is 6.77. The zero-order valence-electron chi connectivity index (χ0n) is 11.5. The summed E-state index contributed by atoms with van der Waals surface area (Å²) in [5, 5.41) is 19.4. The maximum absolute atomic E-state index is 9.77. The van der Waals surface area contributed by atoms with Crippen LogP contribution in [0.25, 0.3) is 22.6 Å². The van der Waals surface area contributed by atoms with Gasteiger partial charge in [0.05, 0.1) is 18.0 Å². The molecule has 3 rings (SSSR count). The van der Waals surface area contributed by atoms with Crippen LogP contribution >= 0.6 is 0 Å². The van der Waals surface area contributed by atoms with E-state index >= 15 is 0 Å². The summed E-state index contributed by atoms with van der Waals surface area (Å²) in [6.45, 7) is -0.363. The number of nitrogens with zero attached hydrogens (tertiary/aromatic N) is 2. The number of hydrogen-bond donors (Lipinski definition) is 2. The minimum Gasteiger partial charge on any atom is -0.390 e. The van der Waals surface area contributed by atoms with Gasteiger partial charge in [-0.05, 0) is 0 Å². The number of rotatable bonds is 4. The second-order valence-electron chi connectivity index (χ2n) is 4.69. The van der Waals surface area contributed by atoms with Crippen molar-refractivity contribution >= 4 is 0 Å². The van der Waals surface area contributed by atoms with Crippen LogP contribution in [0.4, 0.5) is 0 Å². The van der Waals surface area contributed by atoms with E-state index in [-0.39, 0.29) is 13.3 Å². The molecule has 0 fully saturated rings. The molecule has 0 saturated heterocycles. The molecule has 4 heteroatoms. The molecule has 2 N–H and O–H groups in total. The molecule has 0 bridgehead atoms. The molecule has 0 aliphatic heterocycles. The number of aliphatic hydroxyl groups excluding tert-OH is 2. The molecule has 3 aromatic rings. The Morgan fingerprint density at radius 3 is 1.90 bits per heavy atom. The van der Waals surface area contributed by atoms with E-state index in [1.54, 1.807) is 4.57 Å². The Balaban J connectivity index is 2.23. The lowest BCUT2D eigenvalue weighted by Gasteiger charge is -2.09. The Kier molecular flexibility index (Phi) is 3.81. The van der Waals surface area contributed by atoms with E-state index in [1.165, 1.54) is 0 Å².